The molecule has 1 heterocycles. The molecule has 0 fully saturated rings. The van der Waals surface area contributed by atoms with Gasteiger partial charge in [-0.3, -0.25) is 14.7 Å². The monoisotopic (exact) mass is 305 g/mol. The topological polar surface area (TPSA) is 99.8 Å². The van der Waals surface area contributed by atoms with Crippen molar-refractivity contribution in [3.8, 4) is 0 Å². The van der Waals surface area contributed by atoms with E-state index in [1.165, 1.54) is 24.5 Å². The lowest BCUT2D eigenvalue weighted by atomic mass is 10.2. The highest BCUT2D eigenvalue weighted by molar-refractivity contribution is 5.94. The highest BCUT2D eigenvalue weighted by atomic mass is 19.1. The number of hydrogen-bond donors (Lipinski definition) is 3. The predicted molar refractivity (Wildman–Crippen MR) is 76.3 cm³/mol. The minimum atomic E-state index is -0.594. The Bertz CT molecular complexity index is 644. The first kappa shape index (κ1) is 15.6. The zero-order chi connectivity index (χ0) is 15.9. The van der Waals surface area contributed by atoms with E-state index in [0.29, 0.717) is 5.82 Å². The Morgan fingerprint density at radius 3 is 2.82 bits per heavy atom. The molecule has 0 saturated heterocycles. The lowest BCUT2D eigenvalue weighted by Gasteiger charge is -2.11. The summed E-state index contributed by atoms with van der Waals surface area (Å²) in [5.41, 5.74) is -0.0436. The van der Waals surface area contributed by atoms with Crippen LogP contribution in [0.4, 0.5) is 4.39 Å². The van der Waals surface area contributed by atoms with Crippen LogP contribution in [0.1, 0.15) is 35.6 Å². The number of carbonyl (C=O) groups excluding carboxylic acids is 2. The highest BCUT2D eigenvalue weighted by Gasteiger charge is 2.13. The first-order chi connectivity index (χ1) is 10.6. The summed E-state index contributed by atoms with van der Waals surface area (Å²) in [5, 5.41) is 11.6. The van der Waals surface area contributed by atoms with Gasteiger partial charge in [0.2, 0.25) is 5.91 Å². The van der Waals surface area contributed by atoms with Crippen molar-refractivity contribution in [2.45, 2.75) is 19.4 Å². The molecule has 8 heteroatoms. The number of nitrogens with one attached hydrogen (secondary N) is 3. The smallest absolute Gasteiger partial charge is 0.254 e. The molecule has 0 aliphatic rings. The predicted octanol–water partition coefficient (Wildman–Crippen LogP) is 0.941. The van der Waals surface area contributed by atoms with E-state index in [9.17, 15) is 14.0 Å². The quantitative estimate of drug-likeness (QED) is 0.739. The van der Waals surface area contributed by atoms with Gasteiger partial charge in [0.05, 0.1) is 11.6 Å². The van der Waals surface area contributed by atoms with E-state index in [4.69, 9.17) is 0 Å². The van der Waals surface area contributed by atoms with Crippen LogP contribution in [0.15, 0.2) is 30.6 Å². The van der Waals surface area contributed by atoms with Crippen LogP contribution >= 0.6 is 0 Å². The fourth-order valence-corrected chi connectivity index (χ4v) is 1.84. The fourth-order valence-electron chi connectivity index (χ4n) is 1.84. The van der Waals surface area contributed by atoms with E-state index in [1.54, 1.807) is 13.0 Å². The van der Waals surface area contributed by atoms with Gasteiger partial charge >= 0.3 is 0 Å². The molecule has 2 amide bonds. The maximum atomic E-state index is 13.4. The summed E-state index contributed by atoms with van der Waals surface area (Å²) in [6, 6.07) is 5.36. The van der Waals surface area contributed by atoms with Gasteiger partial charge in [0.25, 0.3) is 5.91 Å². The van der Waals surface area contributed by atoms with Gasteiger partial charge < -0.3 is 10.6 Å². The number of aromatic nitrogens is 3. The summed E-state index contributed by atoms with van der Waals surface area (Å²) < 4.78 is 13.4. The van der Waals surface area contributed by atoms with Gasteiger partial charge in [-0.05, 0) is 19.1 Å². The highest BCUT2D eigenvalue weighted by Crippen LogP contribution is 2.06. The number of nitrogens with zero attached hydrogens (tertiary/aromatic N) is 2. The zero-order valence-corrected chi connectivity index (χ0v) is 12.0. The molecule has 0 unspecified atom stereocenters. The molecule has 3 N–H and O–H groups in total. The van der Waals surface area contributed by atoms with Crippen molar-refractivity contribution < 1.29 is 14.0 Å². The fraction of sp³-hybridized carbons (Fsp3) is 0.286. The Balaban J connectivity index is 1.75. The third-order valence-corrected chi connectivity index (χ3v) is 2.98. The number of rotatable bonds is 6. The maximum Gasteiger partial charge on any atom is 0.254 e. The first-order valence-corrected chi connectivity index (χ1v) is 6.75. The summed E-state index contributed by atoms with van der Waals surface area (Å²) in [6.45, 7) is 1.87. The molecule has 1 aromatic heterocycles. The Morgan fingerprint density at radius 2 is 2.14 bits per heavy atom. The first-order valence-electron chi connectivity index (χ1n) is 6.75. The summed E-state index contributed by atoms with van der Waals surface area (Å²) in [6.07, 6.45) is 1.44. The summed E-state index contributed by atoms with van der Waals surface area (Å²) in [4.78, 5) is 27.4. The lowest BCUT2D eigenvalue weighted by Crippen LogP contribution is -2.32. The van der Waals surface area contributed by atoms with Gasteiger partial charge in [0, 0.05) is 13.0 Å². The molecule has 0 bridgehead atoms. The Kier molecular flexibility index (Phi) is 5.18. The number of H-pyrrole nitrogens is 1. The number of amides is 2. The van der Waals surface area contributed by atoms with Crippen LogP contribution in [-0.4, -0.2) is 33.5 Å². The van der Waals surface area contributed by atoms with Crippen LogP contribution in [0.2, 0.25) is 0 Å². The molecule has 0 spiro atoms. The van der Waals surface area contributed by atoms with Gasteiger partial charge in [0.1, 0.15) is 18.0 Å². The van der Waals surface area contributed by atoms with Crippen LogP contribution in [0.5, 0.6) is 0 Å². The average molecular weight is 305 g/mol. The van der Waals surface area contributed by atoms with Gasteiger partial charge in [-0.1, -0.05) is 12.1 Å². The van der Waals surface area contributed by atoms with Gasteiger partial charge in [0.15, 0.2) is 0 Å². The van der Waals surface area contributed by atoms with E-state index >= 15 is 0 Å². The lowest BCUT2D eigenvalue weighted by molar-refractivity contribution is -0.121. The number of hydrogen-bond acceptors (Lipinski definition) is 4. The van der Waals surface area contributed by atoms with Crippen LogP contribution in [-0.2, 0) is 4.79 Å². The molecule has 0 aliphatic heterocycles. The van der Waals surface area contributed by atoms with Crippen molar-refractivity contribution >= 4 is 11.8 Å². The molecule has 7 nitrogen and oxygen atoms in total. The van der Waals surface area contributed by atoms with Crippen LogP contribution in [0.3, 0.4) is 0 Å². The second-order valence-electron chi connectivity index (χ2n) is 4.65. The molecule has 1 atom stereocenters. The van der Waals surface area contributed by atoms with Crippen molar-refractivity contribution in [2.75, 3.05) is 6.54 Å². The van der Waals surface area contributed by atoms with Crippen molar-refractivity contribution in [3.63, 3.8) is 0 Å². The standard InChI is InChI=1S/C14H16FN5O2/c1-9(13-17-8-18-20-13)19-12(21)6-7-16-14(22)10-4-2-3-5-11(10)15/h2-5,8-9H,6-7H2,1H3,(H,16,22)(H,19,21)(H,17,18,20)/t9-/m1/s1. The van der Waals surface area contributed by atoms with E-state index in [1.807, 2.05) is 0 Å². The van der Waals surface area contributed by atoms with E-state index in [0.717, 1.165) is 0 Å². The Labute approximate surface area is 126 Å². The van der Waals surface area contributed by atoms with Crippen LogP contribution in [0, 0.1) is 5.82 Å². The largest absolute Gasteiger partial charge is 0.351 e. The second kappa shape index (κ2) is 7.30. The molecule has 2 rings (SSSR count). The van der Waals surface area contributed by atoms with E-state index in [-0.39, 0.29) is 30.5 Å². The van der Waals surface area contributed by atoms with Gasteiger partial charge in [-0.2, -0.15) is 5.10 Å². The molecule has 0 saturated carbocycles. The molecule has 0 aliphatic carbocycles. The zero-order valence-electron chi connectivity index (χ0n) is 12.0. The van der Waals surface area contributed by atoms with Crippen molar-refractivity contribution in [1.29, 1.82) is 0 Å². The summed E-state index contributed by atoms with van der Waals surface area (Å²) in [7, 11) is 0. The van der Waals surface area contributed by atoms with Crippen molar-refractivity contribution in [2.24, 2.45) is 0 Å². The van der Waals surface area contributed by atoms with E-state index in [2.05, 4.69) is 25.8 Å². The SMILES string of the molecule is C[C@@H](NC(=O)CCNC(=O)c1ccccc1F)c1ncn[nH]1. The third kappa shape index (κ3) is 4.11. The number of aromatic amines is 1. The van der Waals surface area contributed by atoms with E-state index < -0.39 is 11.7 Å². The third-order valence-electron chi connectivity index (χ3n) is 2.98. The number of halogens is 1. The molecule has 22 heavy (non-hydrogen) atoms. The van der Waals surface area contributed by atoms with Crippen molar-refractivity contribution in [3.05, 3.63) is 47.8 Å². The van der Waals surface area contributed by atoms with Gasteiger partial charge in [-0.15, -0.1) is 0 Å². The maximum absolute atomic E-state index is 13.4. The molecular weight excluding hydrogens is 289 g/mol. The summed E-state index contributed by atoms with van der Waals surface area (Å²) in [5.74, 6) is -0.848. The Morgan fingerprint density at radius 1 is 1.36 bits per heavy atom. The average Bonchev–Trinajstić information content (AvgIpc) is 3.01. The molecular formula is C14H16FN5O2. The van der Waals surface area contributed by atoms with Crippen LogP contribution < -0.4 is 10.6 Å². The van der Waals surface area contributed by atoms with Gasteiger partial charge in [-0.25, -0.2) is 9.37 Å². The molecule has 116 valence electrons. The second-order valence-corrected chi connectivity index (χ2v) is 4.65. The summed E-state index contributed by atoms with van der Waals surface area (Å²) >= 11 is 0. The van der Waals surface area contributed by atoms with Crippen molar-refractivity contribution in [1.82, 2.24) is 25.8 Å². The minimum absolute atomic E-state index is 0.0436. The molecule has 1 aromatic carbocycles. The Hall–Kier alpha value is -2.77. The molecule has 2 aromatic rings. The minimum Gasteiger partial charge on any atom is -0.351 e. The molecule has 0 radical (unpaired) electrons. The number of benzene rings is 1. The normalized spacial score (nSPS) is 11.7. The number of carbonyl (C=O) groups is 2. The van der Waals surface area contributed by atoms with Crippen LogP contribution in [0.25, 0.3) is 0 Å².